The number of amides is 2. The van der Waals surface area contributed by atoms with Crippen LogP contribution in [0.15, 0.2) is 108 Å². The van der Waals surface area contributed by atoms with Crippen LogP contribution in [0.25, 0.3) is 0 Å². The summed E-state index contributed by atoms with van der Waals surface area (Å²) in [6.07, 6.45) is 3.23. The van der Waals surface area contributed by atoms with Crippen molar-refractivity contribution in [2.45, 2.75) is 56.2 Å². The Labute approximate surface area is 239 Å². The van der Waals surface area contributed by atoms with E-state index in [1.165, 1.54) is 6.26 Å². The van der Waals surface area contributed by atoms with E-state index in [4.69, 9.17) is 9.15 Å². The van der Waals surface area contributed by atoms with Crippen LogP contribution in [0.5, 0.6) is 0 Å². The molecule has 0 radical (unpaired) electrons. The van der Waals surface area contributed by atoms with Gasteiger partial charge in [-0.1, -0.05) is 78.9 Å². The second kappa shape index (κ2) is 11.5. The monoisotopic (exact) mass is 548 g/mol. The number of rotatable bonds is 8. The van der Waals surface area contributed by atoms with Gasteiger partial charge in [0.05, 0.1) is 18.8 Å². The number of hydrogen-bond donors (Lipinski definition) is 1. The van der Waals surface area contributed by atoms with E-state index in [0.29, 0.717) is 32.2 Å². The van der Waals surface area contributed by atoms with E-state index in [1.807, 2.05) is 89.8 Å². The highest BCUT2D eigenvalue weighted by Gasteiger charge is 2.60. The SMILES string of the molecule is O=C(CCc1ccccc1)N[C@H]1[C@H](OC(=O)c2ccco2)CCC[C@]12C(=O)N(Cc1ccccc1)c1ccccc12. The molecule has 0 saturated heterocycles. The third kappa shape index (κ3) is 5.15. The highest BCUT2D eigenvalue weighted by Crippen LogP contribution is 2.51. The van der Waals surface area contributed by atoms with Crippen LogP contribution in [0, 0.1) is 0 Å². The van der Waals surface area contributed by atoms with Gasteiger partial charge in [-0.15, -0.1) is 0 Å². The van der Waals surface area contributed by atoms with Gasteiger partial charge in [0.2, 0.25) is 17.6 Å². The Bertz CT molecular complexity index is 1520. The number of esters is 1. The summed E-state index contributed by atoms with van der Waals surface area (Å²) in [5.41, 5.74) is 2.67. The minimum atomic E-state index is -1.07. The van der Waals surface area contributed by atoms with E-state index in [9.17, 15) is 14.4 Å². The zero-order valence-electron chi connectivity index (χ0n) is 22.7. The van der Waals surface area contributed by atoms with Crippen LogP contribution in [0.4, 0.5) is 5.69 Å². The summed E-state index contributed by atoms with van der Waals surface area (Å²) in [4.78, 5) is 42.9. The molecule has 41 heavy (non-hydrogen) atoms. The zero-order valence-corrected chi connectivity index (χ0v) is 22.7. The van der Waals surface area contributed by atoms with E-state index in [-0.39, 0.29) is 24.0 Å². The summed E-state index contributed by atoms with van der Waals surface area (Å²) in [5, 5.41) is 3.18. The summed E-state index contributed by atoms with van der Waals surface area (Å²) in [7, 11) is 0. The van der Waals surface area contributed by atoms with E-state index in [1.54, 1.807) is 12.1 Å². The number of hydrogen-bond acceptors (Lipinski definition) is 5. The van der Waals surface area contributed by atoms with Gasteiger partial charge < -0.3 is 19.4 Å². The van der Waals surface area contributed by atoms with Crippen LogP contribution in [0.3, 0.4) is 0 Å². The third-order valence-corrected chi connectivity index (χ3v) is 8.23. The van der Waals surface area contributed by atoms with Gasteiger partial charge in [0.25, 0.3) is 0 Å². The molecule has 1 spiro atoms. The predicted octanol–water partition coefficient (Wildman–Crippen LogP) is 5.59. The van der Waals surface area contributed by atoms with Gasteiger partial charge in [0, 0.05) is 12.1 Å². The molecule has 7 heteroatoms. The summed E-state index contributed by atoms with van der Waals surface area (Å²) >= 11 is 0. The molecule has 2 heterocycles. The molecule has 6 rings (SSSR count). The van der Waals surface area contributed by atoms with E-state index in [0.717, 1.165) is 22.4 Å². The first kappa shape index (κ1) is 26.6. The highest BCUT2D eigenvalue weighted by atomic mass is 16.6. The summed E-state index contributed by atoms with van der Waals surface area (Å²) in [5.74, 6) is -0.802. The average Bonchev–Trinajstić information content (AvgIpc) is 3.63. The summed E-state index contributed by atoms with van der Waals surface area (Å²) < 4.78 is 11.3. The molecule has 1 saturated carbocycles. The summed E-state index contributed by atoms with van der Waals surface area (Å²) in [6.45, 7) is 0.407. The number of nitrogens with zero attached hydrogens (tertiary/aromatic N) is 1. The maximum atomic E-state index is 14.6. The lowest BCUT2D eigenvalue weighted by Crippen LogP contribution is -2.63. The molecule has 2 aliphatic rings. The third-order valence-electron chi connectivity index (χ3n) is 8.23. The molecule has 0 bridgehead atoms. The number of carbonyl (C=O) groups is 3. The Morgan fingerprint density at radius 1 is 0.902 bits per heavy atom. The van der Waals surface area contributed by atoms with Crippen molar-refractivity contribution in [3.63, 3.8) is 0 Å². The lowest BCUT2D eigenvalue weighted by molar-refractivity contribution is -0.131. The van der Waals surface area contributed by atoms with Gasteiger partial charge in [0.1, 0.15) is 11.5 Å². The van der Waals surface area contributed by atoms with Crippen molar-refractivity contribution >= 4 is 23.5 Å². The maximum absolute atomic E-state index is 14.6. The van der Waals surface area contributed by atoms with Crippen LogP contribution in [-0.4, -0.2) is 29.9 Å². The zero-order chi connectivity index (χ0) is 28.2. The molecule has 4 aromatic rings. The van der Waals surface area contributed by atoms with Crippen molar-refractivity contribution in [3.8, 4) is 0 Å². The molecule has 2 amide bonds. The van der Waals surface area contributed by atoms with Gasteiger partial charge >= 0.3 is 5.97 Å². The molecule has 3 atom stereocenters. The molecule has 1 aliphatic heterocycles. The van der Waals surface area contributed by atoms with Crippen LogP contribution >= 0.6 is 0 Å². The standard InChI is InChI=1S/C34H32N2O5/c37-30(20-19-24-11-3-1-4-12-24)35-31-28(41-32(38)29-18-10-22-40-29)17-9-21-34(31)26-15-7-8-16-27(26)36(33(34)39)23-25-13-5-2-6-14-25/h1-8,10-16,18,22,28,31H,9,17,19-21,23H2,(H,35,37)/t28-,31+,34-/m1/s1. The number of fused-ring (bicyclic) bond motifs is 2. The quantitative estimate of drug-likeness (QED) is 0.290. The Morgan fingerprint density at radius 2 is 1.61 bits per heavy atom. The van der Waals surface area contributed by atoms with E-state index in [2.05, 4.69) is 5.32 Å². The largest absolute Gasteiger partial charge is 0.457 e. The number of nitrogens with one attached hydrogen (secondary N) is 1. The lowest BCUT2D eigenvalue weighted by atomic mass is 9.65. The fourth-order valence-corrected chi connectivity index (χ4v) is 6.32. The molecule has 1 N–H and O–H groups in total. The number of carbonyl (C=O) groups excluding carboxylic acids is 3. The van der Waals surface area contributed by atoms with Gasteiger partial charge in [-0.25, -0.2) is 4.79 Å². The number of aryl methyl sites for hydroxylation is 1. The minimum Gasteiger partial charge on any atom is -0.457 e. The Morgan fingerprint density at radius 3 is 2.34 bits per heavy atom. The first-order valence-corrected chi connectivity index (χ1v) is 14.1. The number of furan rings is 1. The van der Waals surface area contributed by atoms with Crippen LogP contribution in [-0.2, 0) is 32.7 Å². The van der Waals surface area contributed by atoms with Gasteiger partial charge in [-0.2, -0.15) is 0 Å². The second-order valence-corrected chi connectivity index (χ2v) is 10.7. The van der Waals surface area contributed by atoms with Crippen molar-refractivity contribution in [3.05, 3.63) is 126 Å². The molecule has 1 aliphatic carbocycles. The topological polar surface area (TPSA) is 88.8 Å². The number of benzene rings is 3. The number of anilines is 1. The first-order valence-electron chi connectivity index (χ1n) is 14.1. The van der Waals surface area contributed by atoms with Crippen LogP contribution in [0.1, 0.15) is 52.9 Å². The van der Waals surface area contributed by atoms with Crippen LogP contribution in [0.2, 0.25) is 0 Å². The molecule has 3 aromatic carbocycles. The second-order valence-electron chi connectivity index (χ2n) is 10.7. The smallest absolute Gasteiger partial charge is 0.374 e. The van der Waals surface area contributed by atoms with Crippen LogP contribution < -0.4 is 10.2 Å². The number of ether oxygens (including phenoxy) is 1. The number of para-hydroxylation sites is 1. The van der Waals surface area contributed by atoms with Crippen molar-refractivity contribution in [1.82, 2.24) is 5.32 Å². The molecule has 0 unspecified atom stereocenters. The molecule has 1 aromatic heterocycles. The predicted molar refractivity (Wildman–Crippen MR) is 154 cm³/mol. The summed E-state index contributed by atoms with van der Waals surface area (Å²) in [6, 6.07) is 29.9. The molecule has 1 fully saturated rings. The van der Waals surface area contributed by atoms with Crippen molar-refractivity contribution in [2.24, 2.45) is 0 Å². The van der Waals surface area contributed by atoms with Crippen molar-refractivity contribution < 1.29 is 23.5 Å². The van der Waals surface area contributed by atoms with E-state index >= 15 is 0 Å². The Balaban J connectivity index is 1.35. The van der Waals surface area contributed by atoms with Crippen molar-refractivity contribution in [2.75, 3.05) is 4.90 Å². The normalized spacial score (nSPS) is 21.5. The fourth-order valence-electron chi connectivity index (χ4n) is 6.32. The Kier molecular flexibility index (Phi) is 7.42. The molecular weight excluding hydrogens is 516 g/mol. The Hall–Kier alpha value is -4.65. The highest BCUT2D eigenvalue weighted by molar-refractivity contribution is 6.09. The molecular formula is C34H32N2O5. The fraction of sp³-hybridized carbons (Fsp3) is 0.265. The molecule has 208 valence electrons. The maximum Gasteiger partial charge on any atom is 0.374 e. The average molecular weight is 549 g/mol. The minimum absolute atomic E-state index is 0.0858. The van der Waals surface area contributed by atoms with Crippen molar-refractivity contribution in [1.29, 1.82) is 0 Å². The molecule has 7 nitrogen and oxygen atoms in total. The van der Waals surface area contributed by atoms with E-state index < -0.39 is 23.5 Å². The lowest BCUT2D eigenvalue weighted by Gasteiger charge is -2.44. The first-order chi connectivity index (χ1) is 20.1. The van der Waals surface area contributed by atoms with Gasteiger partial charge in [-0.05, 0) is 60.6 Å². The van der Waals surface area contributed by atoms with Gasteiger partial charge in [-0.3, -0.25) is 9.59 Å². The van der Waals surface area contributed by atoms with Gasteiger partial charge in [0.15, 0.2) is 0 Å².